The Bertz CT molecular complexity index is 631. The maximum absolute atomic E-state index is 13.0. The summed E-state index contributed by atoms with van der Waals surface area (Å²) in [5.41, 5.74) is 0.231. The number of halogens is 1. The van der Waals surface area contributed by atoms with Gasteiger partial charge in [-0.1, -0.05) is 6.07 Å². The molecule has 6 nitrogen and oxygen atoms in total. The van der Waals surface area contributed by atoms with Gasteiger partial charge in [-0.25, -0.2) is 12.8 Å². The summed E-state index contributed by atoms with van der Waals surface area (Å²) >= 11 is 0. The number of rotatable bonds is 6. The standard InChI is InChI=1S/C13H17FN2O4S/c1-9(17)15-12(6-7-21(2,19)20)13(18)16-11-5-3-4-10(14)8-11/h3-5,8,12H,6-7H2,1-2H3,(H,15,17)(H,16,18)/t12-/m0/s1. The molecule has 0 aliphatic rings. The molecule has 0 bridgehead atoms. The Kier molecular flexibility index (Phi) is 5.83. The number of hydrogen-bond acceptors (Lipinski definition) is 4. The van der Waals surface area contributed by atoms with Crippen molar-refractivity contribution < 1.29 is 22.4 Å². The highest BCUT2D eigenvalue weighted by Crippen LogP contribution is 2.10. The van der Waals surface area contributed by atoms with Crippen LogP contribution in [0.5, 0.6) is 0 Å². The van der Waals surface area contributed by atoms with Crippen LogP contribution in [0.15, 0.2) is 24.3 Å². The van der Waals surface area contributed by atoms with Crippen molar-refractivity contribution in [1.29, 1.82) is 0 Å². The van der Waals surface area contributed by atoms with Crippen molar-refractivity contribution in [1.82, 2.24) is 5.32 Å². The molecule has 21 heavy (non-hydrogen) atoms. The first-order valence-corrected chi connectivity index (χ1v) is 8.24. The van der Waals surface area contributed by atoms with Gasteiger partial charge in [0.25, 0.3) is 0 Å². The smallest absolute Gasteiger partial charge is 0.246 e. The monoisotopic (exact) mass is 316 g/mol. The average Bonchev–Trinajstić information content (AvgIpc) is 2.32. The number of anilines is 1. The molecule has 0 saturated heterocycles. The van der Waals surface area contributed by atoms with Gasteiger partial charge < -0.3 is 10.6 Å². The molecule has 0 heterocycles. The normalized spacial score (nSPS) is 12.5. The van der Waals surface area contributed by atoms with E-state index in [4.69, 9.17) is 0 Å². The van der Waals surface area contributed by atoms with Crippen molar-refractivity contribution in [2.75, 3.05) is 17.3 Å². The van der Waals surface area contributed by atoms with Crippen molar-refractivity contribution in [3.8, 4) is 0 Å². The van der Waals surface area contributed by atoms with E-state index in [9.17, 15) is 22.4 Å². The van der Waals surface area contributed by atoms with Crippen molar-refractivity contribution in [3.63, 3.8) is 0 Å². The molecule has 2 N–H and O–H groups in total. The Morgan fingerprint density at radius 1 is 1.33 bits per heavy atom. The van der Waals surface area contributed by atoms with Gasteiger partial charge in [0.05, 0.1) is 5.75 Å². The molecule has 0 aromatic heterocycles. The van der Waals surface area contributed by atoms with Crippen LogP contribution in [0, 0.1) is 5.82 Å². The van der Waals surface area contributed by atoms with Crippen molar-refractivity contribution in [2.45, 2.75) is 19.4 Å². The number of nitrogens with one attached hydrogen (secondary N) is 2. The van der Waals surface area contributed by atoms with E-state index in [2.05, 4.69) is 10.6 Å². The van der Waals surface area contributed by atoms with Gasteiger partial charge in [0.1, 0.15) is 21.7 Å². The third kappa shape index (κ3) is 6.84. The van der Waals surface area contributed by atoms with E-state index in [-0.39, 0.29) is 17.9 Å². The van der Waals surface area contributed by atoms with E-state index >= 15 is 0 Å². The summed E-state index contributed by atoms with van der Waals surface area (Å²) in [5.74, 6) is -1.81. The van der Waals surface area contributed by atoms with Crippen LogP contribution in [0.25, 0.3) is 0 Å². The van der Waals surface area contributed by atoms with E-state index in [0.717, 1.165) is 12.3 Å². The number of sulfone groups is 1. The van der Waals surface area contributed by atoms with Crippen molar-refractivity contribution >= 4 is 27.3 Å². The van der Waals surface area contributed by atoms with Gasteiger partial charge in [0, 0.05) is 18.9 Å². The molecular formula is C13H17FN2O4S. The van der Waals surface area contributed by atoms with Crippen LogP contribution in [0.2, 0.25) is 0 Å². The van der Waals surface area contributed by atoms with Crippen LogP contribution in [-0.2, 0) is 19.4 Å². The lowest BCUT2D eigenvalue weighted by atomic mass is 10.2. The molecule has 1 aromatic rings. The van der Waals surface area contributed by atoms with Crippen LogP contribution in [0.3, 0.4) is 0 Å². The molecule has 1 aromatic carbocycles. The summed E-state index contributed by atoms with van der Waals surface area (Å²) in [6.45, 7) is 1.23. The largest absolute Gasteiger partial charge is 0.345 e. The second-order valence-electron chi connectivity index (χ2n) is 4.67. The summed E-state index contributed by atoms with van der Waals surface area (Å²) in [4.78, 5) is 23.1. The molecule has 0 aliphatic carbocycles. The van der Waals surface area contributed by atoms with Crippen LogP contribution in [0.1, 0.15) is 13.3 Å². The third-order valence-corrected chi connectivity index (χ3v) is 3.54. The first kappa shape index (κ1) is 17.1. The quantitative estimate of drug-likeness (QED) is 0.808. The Balaban J connectivity index is 2.77. The molecule has 0 radical (unpaired) electrons. The SMILES string of the molecule is CC(=O)N[C@@H](CCS(C)(=O)=O)C(=O)Nc1cccc(F)c1. The average molecular weight is 316 g/mol. The number of carbonyl (C=O) groups excluding carboxylic acids is 2. The molecule has 0 saturated carbocycles. The second-order valence-corrected chi connectivity index (χ2v) is 6.93. The summed E-state index contributed by atoms with van der Waals surface area (Å²) in [5, 5.41) is 4.81. The third-order valence-electron chi connectivity index (χ3n) is 2.56. The zero-order valence-electron chi connectivity index (χ0n) is 11.7. The second kappa shape index (κ2) is 7.16. The summed E-state index contributed by atoms with van der Waals surface area (Å²) in [7, 11) is -3.26. The highest BCUT2D eigenvalue weighted by atomic mass is 32.2. The summed E-state index contributed by atoms with van der Waals surface area (Å²) < 4.78 is 35.3. The fourth-order valence-electron chi connectivity index (χ4n) is 1.64. The van der Waals surface area contributed by atoms with Gasteiger partial charge in [0.2, 0.25) is 11.8 Å². The topological polar surface area (TPSA) is 92.3 Å². The Morgan fingerprint density at radius 2 is 2.00 bits per heavy atom. The Morgan fingerprint density at radius 3 is 2.52 bits per heavy atom. The Hall–Kier alpha value is -1.96. The fraction of sp³-hybridized carbons (Fsp3) is 0.385. The lowest BCUT2D eigenvalue weighted by Gasteiger charge is -2.17. The van der Waals surface area contributed by atoms with Crippen LogP contribution < -0.4 is 10.6 Å². The van der Waals surface area contributed by atoms with E-state index in [1.807, 2.05) is 0 Å². The molecule has 0 spiro atoms. The zero-order valence-corrected chi connectivity index (χ0v) is 12.5. The Labute approximate surface area is 122 Å². The minimum Gasteiger partial charge on any atom is -0.345 e. The molecule has 8 heteroatoms. The van der Waals surface area contributed by atoms with Gasteiger partial charge in [-0.05, 0) is 24.6 Å². The van der Waals surface area contributed by atoms with Crippen molar-refractivity contribution in [2.24, 2.45) is 0 Å². The minimum absolute atomic E-state index is 0.0560. The van der Waals surface area contributed by atoms with Crippen LogP contribution >= 0.6 is 0 Å². The molecule has 1 rings (SSSR count). The lowest BCUT2D eigenvalue weighted by Crippen LogP contribution is -2.43. The number of amides is 2. The van der Waals surface area contributed by atoms with Crippen LogP contribution in [-0.4, -0.2) is 38.3 Å². The van der Waals surface area contributed by atoms with Gasteiger partial charge in [-0.3, -0.25) is 9.59 Å². The minimum atomic E-state index is -3.26. The first-order valence-electron chi connectivity index (χ1n) is 6.18. The molecule has 0 aliphatic heterocycles. The van der Waals surface area contributed by atoms with Gasteiger partial charge in [0.15, 0.2) is 0 Å². The summed E-state index contributed by atoms with van der Waals surface area (Å²) in [6, 6.07) is 4.27. The number of benzene rings is 1. The maximum atomic E-state index is 13.0. The van der Waals surface area contributed by atoms with Gasteiger partial charge in [-0.2, -0.15) is 0 Å². The van der Waals surface area contributed by atoms with Gasteiger partial charge >= 0.3 is 0 Å². The highest BCUT2D eigenvalue weighted by Gasteiger charge is 2.21. The van der Waals surface area contributed by atoms with Crippen molar-refractivity contribution in [3.05, 3.63) is 30.1 Å². The van der Waals surface area contributed by atoms with Gasteiger partial charge in [-0.15, -0.1) is 0 Å². The highest BCUT2D eigenvalue weighted by molar-refractivity contribution is 7.90. The maximum Gasteiger partial charge on any atom is 0.246 e. The molecular weight excluding hydrogens is 299 g/mol. The molecule has 1 atom stereocenters. The number of carbonyl (C=O) groups is 2. The first-order chi connectivity index (χ1) is 9.67. The molecule has 2 amide bonds. The fourth-order valence-corrected chi connectivity index (χ4v) is 2.31. The predicted molar refractivity (Wildman–Crippen MR) is 77.0 cm³/mol. The number of hydrogen-bond donors (Lipinski definition) is 2. The summed E-state index contributed by atoms with van der Waals surface area (Å²) in [6.07, 6.45) is 0.988. The predicted octanol–water partition coefficient (Wildman–Crippen LogP) is 0.704. The molecule has 0 unspecified atom stereocenters. The zero-order chi connectivity index (χ0) is 16.0. The van der Waals surface area contributed by atoms with E-state index in [0.29, 0.717) is 0 Å². The van der Waals surface area contributed by atoms with E-state index in [1.165, 1.54) is 25.1 Å². The lowest BCUT2D eigenvalue weighted by molar-refractivity contribution is -0.125. The van der Waals surface area contributed by atoms with Crippen LogP contribution in [0.4, 0.5) is 10.1 Å². The molecule has 116 valence electrons. The van der Waals surface area contributed by atoms with E-state index in [1.54, 1.807) is 0 Å². The molecule has 0 fully saturated rings. The van der Waals surface area contributed by atoms with E-state index < -0.39 is 33.5 Å².